The first kappa shape index (κ1) is 12.2. The second-order valence-corrected chi connectivity index (χ2v) is 3.08. The van der Waals surface area contributed by atoms with Crippen molar-refractivity contribution in [2.75, 3.05) is 32.8 Å². The van der Waals surface area contributed by atoms with Crippen LogP contribution in [-0.4, -0.2) is 43.8 Å². The minimum Gasteiger partial charge on any atom is -0.379 e. The highest BCUT2D eigenvalue weighted by atomic mass is 35.5. The van der Waals surface area contributed by atoms with Gasteiger partial charge in [-0.1, -0.05) is 6.92 Å². The molecule has 0 bridgehead atoms. The molecule has 0 radical (unpaired) electrons. The Labute approximate surface area is 80.7 Å². The first-order chi connectivity index (χ1) is 5.33. The number of ether oxygens (including phenoxy) is 1. The topological polar surface area (TPSA) is 38.5 Å². The van der Waals surface area contributed by atoms with Gasteiger partial charge in [-0.25, -0.2) is 0 Å². The van der Waals surface area contributed by atoms with E-state index in [1.807, 2.05) is 0 Å². The smallest absolute Gasteiger partial charge is 0.0594 e. The van der Waals surface area contributed by atoms with Crippen molar-refractivity contribution >= 4 is 12.4 Å². The molecule has 1 unspecified atom stereocenters. The van der Waals surface area contributed by atoms with Gasteiger partial charge in [-0.05, 0) is 6.42 Å². The van der Waals surface area contributed by atoms with Gasteiger partial charge in [0.1, 0.15) is 0 Å². The Morgan fingerprint density at radius 2 is 2.00 bits per heavy atom. The zero-order valence-corrected chi connectivity index (χ0v) is 8.48. The Morgan fingerprint density at radius 3 is 2.50 bits per heavy atom. The van der Waals surface area contributed by atoms with Crippen molar-refractivity contribution in [3.63, 3.8) is 0 Å². The van der Waals surface area contributed by atoms with Crippen LogP contribution in [0.15, 0.2) is 0 Å². The fraction of sp³-hybridized carbons (Fsp3) is 1.00. The van der Waals surface area contributed by atoms with E-state index in [-0.39, 0.29) is 12.4 Å². The SMILES string of the molecule is CCC(N)CN1CCOCC1.Cl. The highest BCUT2D eigenvalue weighted by Crippen LogP contribution is 1.98. The number of nitrogens with zero attached hydrogens (tertiary/aromatic N) is 1. The Hall–Kier alpha value is 0.170. The third kappa shape index (κ3) is 4.26. The van der Waals surface area contributed by atoms with Crippen LogP contribution in [0.25, 0.3) is 0 Å². The predicted octanol–water partition coefficient (Wildman–Crippen LogP) is 0.478. The monoisotopic (exact) mass is 194 g/mol. The summed E-state index contributed by atoms with van der Waals surface area (Å²) in [5, 5.41) is 0. The normalized spacial score (nSPS) is 21.5. The Kier molecular flexibility index (Phi) is 6.76. The summed E-state index contributed by atoms with van der Waals surface area (Å²) in [7, 11) is 0. The average molecular weight is 195 g/mol. The van der Waals surface area contributed by atoms with E-state index in [1.54, 1.807) is 0 Å². The Bertz CT molecular complexity index is 107. The van der Waals surface area contributed by atoms with E-state index < -0.39 is 0 Å². The molecular formula is C8H19ClN2O. The summed E-state index contributed by atoms with van der Waals surface area (Å²) in [6, 6.07) is 0.341. The van der Waals surface area contributed by atoms with E-state index >= 15 is 0 Å². The molecule has 4 heteroatoms. The molecule has 0 aliphatic carbocycles. The van der Waals surface area contributed by atoms with Gasteiger partial charge < -0.3 is 10.5 Å². The minimum absolute atomic E-state index is 0. The van der Waals surface area contributed by atoms with E-state index in [0.717, 1.165) is 39.3 Å². The van der Waals surface area contributed by atoms with Crippen molar-refractivity contribution in [3.8, 4) is 0 Å². The van der Waals surface area contributed by atoms with Crippen molar-refractivity contribution in [2.24, 2.45) is 5.73 Å². The van der Waals surface area contributed by atoms with Gasteiger partial charge in [-0.3, -0.25) is 4.90 Å². The molecule has 0 saturated carbocycles. The first-order valence-corrected chi connectivity index (χ1v) is 4.38. The zero-order chi connectivity index (χ0) is 8.10. The number of nitrogens with two attached hydrogens (primary N) is 1. The molecule has 1 aliphatic heterocycles. The summed E-state index contributed by atoms with van der Waals surface area (Å²) < 4.78 is 5.23. The quantitative estimate of drug-likeness (QED) is 0.711. The number of morpholine rings is 1. The summed E-state index contributed by atoms with van der Waals surface area (Å²) >= 11 is 0. The third-order valence-corrected chi connectivity index (χ3v) is 2.12. The lowest BCUT2D eigenvalue weighted by Gasteiger charge is -2.28. The van der Waals surface area contributed by atoms with Crippen LogP contribution in [0, 0.1) is 0 Å². The highest BCUT2D eigenvalue weighted by Gasteiger charge is 2.12. The largest absolute Gasteiger partial charge is 0.379 e. The summed E-state index contributed by atoms with van der Waals surface area (Å²) in [5.74, 6) is 0. The van der Waals surface area contributed by atoms with Crippen LogP contribution >= 0.6 is 12.4 Å². The molecule has 74 valence electrons. The van der Waals surface area contributed by atoms with Crippen LogP contribution in [0.5, 0.6) is 0 Å². The molecule has 1 heterocycles. The van der Waals surface area contributed by atoms with Gasteiger partial charge >= 0.3 is 0 Å². The summed E-state index contributed by atoms with van der Waals surface area (Å²) in [4.78, 5) is 2.37. The lowest BCUT2D eigenvalue weighted by molar-refractivity contribution is 0.0352. The van der Waals surface area contributed by atoms with Gasteiger partial charge in [-0.2, -0.15) is 0 Å². The zero-order valence-electron chi connectivity index (χ0n) is 7.66. The molecule has 1 saturated heterocycles. The molecule has 1 fully saturated rings. The van der Waals surface area contributed by atoms with Crippen LogP contribution in [0.1, 0.15) is 13.3 Å². The van der Waals surface area contributed by atoms with Gasteiger partial charge in [0.05, 0.1) is 13.2 Å². The van der Waals surface area contributed by atoms with Crippen LogP contribution in [0.2, 0.25) is 0 Å². The van der Waals surface area contributed by atoms with Crippen molar-refractivity contribution in [1.82, 2.24) is 4.90 Å². The van der Waals surface area contributed by atoms with E-state index in [0.29, 0.717) is 6.04 Å². The highest BCUT2D eigenvalue weighted by molar-refractivity contribution is 5.85. The lowest BCUT2D eigenvalue weighted by atomic mass is 10.2. The number of halogens is 1. The molecule has 0 aromatic rings. The third-order valence-electron chi connectivity index (χ3n) is 2.12. The summed E-state index contributed by atoms with van der Waals surface area (Å²) in [6.45, 7) is 7.00. The lowest BCUT2D eigenvalue weighted by Crippen LogP contribution is -2.43. The first-order valence-electron chi connectivity index (χ1n) is 4.38. The van der Waals surface area contributed by atoms with E-state index in [1.165, 1.54) is 0 Å². The Balaban J connectivity index is 0.00000121. The summed E-state index contributed by atoms with van der Waals surface area (Å²) in [5.41, 5.74) is 5.82. The number of hydrogen-bond acceptors (Lipinski definition) is 3. The van der Waals surface area contributed by atoms with Crippen molar-refractivity contribution in [2.45, 2.75) is 19.4 Å². The van der Waals surface area contributed by atoms with Gasteiger partial charge in [0.25, 0.3) is 0 Å². The van der Waals surface area contributed by atoms with Crippen LogP contribution < -0.4 is 5.73 Å². The second-order valence-electron chi connectivity index (χ2n) is 3.08. The fourth-order valence-electron chi connectivity index (χ4n) is 1.24. The van der Waals surface area contributed by atoms with E-state index in [4.69, 9.17) is 10.5 Å². The Morgan fingerprint density at radius 1 is 1.42 bits per heavy atom. The average Bonchev–Trinajstić information content (AvgIpc) is 2.06. The van der Waals surface area contributed by atoms with E-state index in [9.17, 15) is 0 Å². The summed E-state index contributed by atoms with van der Waals surface area (Å²) in [6.07, 6.45) is 1.07. The molecule has 1 rings (SSSR count). The fourth-order valence-corrected chi connectivity index (χ4v) is 1.24. The van der Waals surface area contributed by atoms with E-state index in [2.05, 4.69) is 11.8 Å². The number of hydrogen-bond donors (Lipinski definition) is 1. The van der Waals surface area contributed by atoms with Crippen LogP contribution in [0.3, 0.4) is 0 Å². The molecular weight excluding hydrogens is 176 g/mol. The molecule has 0 aromatic carbocycles. The van der Waals surface area contributed by atoms with Gasteiger partial charge in [0.2, 0.25) is 0 Å². The number of rotatable bonds is 3. The molecule has 0 spiro atoms. The molecule has 1 aliphatic rings. The van der Waals surface area contributed by atoms with Crippen molar-refractivity contribution in [1.29, 1.82) is 0 Å². The maximum absolute atomic E-state index is 5.82. The van der Waals surface area contributed by atoms with Crippen LogP contribution in [-0.2, 0) is 4.74 Å². The molecule has 3 nitrogen and oxygen atoms in total. The molecule has 0 amide bonds. The molecule has 2 N–H and O–H groups in total. The molecule has 1 atom stereocenters. The maximum Gasteiger partial charge on any atom is 0.0594 e. The van der Waals surface area contributed by atoms with Crippen LogP contribution in [0.4, 0.5) is 0 Å². The maximum atomic E-state index is 5.82. The minimum atomic E-state index is 0. The second kappa shape index (κ2) is 6.66. The predicted molar refractivity (Wildman–Crippen MR) is 52.8 cm³/mol. The van der Waals surface area contributed by atoms with Gasteiger partial charge in [0, 0.05) is 25.7 Å². The van der Waals surface area contributed by atoms with Crippen molar-refractivity contribution in [3.05, 3.63) is 0 Å². The standard InChI is InChI=1S/C8H18N2O.ClH/c1-2-8(9)7-10-3-5-11-6-4-10;/h8H,2-7,9H2,1H3;1H. The van der Waals surface area contributed by atoms with Crippen molar-refractivity contribution < 1.29 is 4.74 Å². The molecule has 0 aromatic heterocycles. The van der Waals surface area contributed by atoms with Gasteiger partial charge in [-0.15, -0.1) is 12.4 Å². The van der Waals surface area contributed by atoms with Gasteiger partial charge in [0.15, 0.2) is 0 Å². The molecule has 12 heavy (non-hydrogen) atoms.